The van der Waals surface area contributed by atoms with Crippen molar-refractivity contribution in [3.8, 4) is 0 Å². The molecular weight excluding hydrogens is 229 g/mol. The number of nitrogens with zero attached hydrogens (tertiary/aromatic N) is 3. The summed E-state index contributed by atoms with van der Waals surface area (Å²) < 4.78 is 0.676. The molecule has 0 radical (unpaired) electrons. The molecule has 2 aliphatic rings. The summed E-state index contributed by atoms with van der Waals surface area (Å²) in [6.45, 7) is 0. The molecule has 0 aromatic heterocycles. The number of amidine groups is 1. The minimum atomic E-state index is 0.435. The summed E-state index contributed by atoms with van der Waals surface area (Å²) in [6.07, 6.45) is 6.17. The zero-order valence-electron chi connectivity index (χ0n) is 5.25. The third-order valence-corrected chi connectivity index (χ3v) is 1.95. The van der Waals surface area contributed by atoms with E-state index in [1.807, 2.05) is 0 Å². The predicted molar refractivity (Wildman–Crippen MR) is 47.4 cm³/mol. The van der Waals surface area contributed by atoms with Crippen LogP contribution in [0, 0.1) is 6.20 Å². The van der Waals surface area contributed by atoms with Crippen LogP contribution in [0.3, 0.4) is 0 Å². The molecule has 5 heteroatoms. The van der Waals surface area contributed by atoms with Crippen molar-refractivity contribution in [3.63, 3.8) is 0 Å². The van der Waals surface area contributed by atoms with Gasteiger partial charge in [0, 0.05) is 27.0 Å². The van der Waals surface area contributed by atoms with Crippen LogP contribution in [0.1, 0.15) is 0 Å². The number of hydrogen-bond donors (Lipinski definition) is 0. The summed E-state index contributed by atoms with van der Waals surface area (Å²) in [5.74, 6) is 0.723. The van der Waals surface area contributed by atoms with Crippen LogP contribution in [0.25, 0.3) is 0 Å². The quantitative estimate of drug-likeness (QED) is 0.462. The predicted octanol–water partition coefficient (Wildman–Crippen LogP) is 1.82. The summed E-state index contributed by atoms with van der Waals surface area (Å²) in [5, 5.41) is 5.98. The summed E-state index contributed by atoms with van der Waals surface area (Å²) in [4.78, 5) is 3.93. The van der Waals surface area contributed by atoms with Crippen molar-refractivity contribution < 1.29 is 0 Å². The molecule has 0 saturated carbocycles. The van der Waals surface area contributed by atoms with Gasteiger partial charge in [0.2, 0.25) is 0 Å². The second-order valence-corrected chi connectivity index (χ2v) is 3.08. The maximum absolute atomic E-state index is 5.65. The van der Waals surface area contributed by atoms with E-state index in [0.29, 0.717) is 9.78 Å². The molecule has 0 fully saturated rings. The van der Waals surface area contributed by atoms with Crippen molar-refractivity contribution in [2.45, 2.75) is 0 Å². The molecule has 0 aliphatic carbocycles. The lowest BCUT2D eigenvalue weighted by molar-refractivity contribution is 0.607. The summed E-state index contributed by atoms with van der Waals surface area (Å²) in [5.41, 5.74) is 0. The van der Waals surface area contributed by atoms with Crippen LogP contribution in [0.4, 0.5) is 0 Å². The number of allylic oxidation sites excluding steroid dienone is 1. The van der Waals surface area contributed by atoms with Crippen LogP contribution >= 0.6 is 27.5 Å². The van der Waals surface area contributed by atoms with E-state index in [1.54, 1.807) is 17.2 Å². The lowest BCUT2D eigenvalue weighted by Crippen LogP contribution is -2.21. The SMILES string of the molecule is ClC1=NN2C(Br)=[C+]N=C2C=C1. The maximum Gasteiger partial charge on any atom is 0.308 e. The van der Waals surface area contributed by atoms with E-state index in [9.17, 15) is 0 Å². The molecule has 0 unspecified atom stereocenters. The molecule has 2 heterocycles. The van der Waals surface area contributed by atoms with E-state index in [-0.39, 0.29) is 0 Å². The number of rotatable bonds is 0. The Morgan fingerprint density at radius 1 is 1.55 bits per heavy atom. The minimum Gasteiger partial charge on any atom is -0.132 e. The molecule has 0 N–H and O–H groups in total. The molecule has 0 saturated heterocycles. The van der Waals surface area contributed by atoms with Crippen molar-refractivity contribution in [1.82, 2.24) is 5.01 Å². The highest BCUT2D eigenvalue weighted by Gasteiger charge is 2.31. The van der Waals surface area contributed by atoms with Crippen molar-refractivity contribution in [2.24, 2.45) is 10.1 Å². The van der Waals surface area contributed by atoms with Crippen LogP contribution in [-0.4, -0.2) is 16.0 Å². The van der Waals surface area contributed by atoms with Crippen LogP contribution in [-0.2, 0) is 0 Å². The first-order valence-electron chi connectivity index (χ1n) is 2.86. The molecule has 0 bridgehead atoms. The van der Waals surface area contributed by atoms with Gasteiger partial charge in [0.05, 0.1) is 6.08 Å². The molecule has 0 atom stereocenters. The van der Waals surface area contributed by atoms with Gasteiger partial charge >= 0.3 is 5.84 Å². The minimum absolute atomic E-state index is 0.435. The van der Waals surface area contributed by atoms with E-state index < -0.39 is 0 Å². The number of hydrogen-bond acceptors (Lipinski definition) is 3. The number of halogens is 2. The lowest BCUT2D eigenvalue weighted by atomic mass is 10.4. The zero-order valence-corrected chi connectivity index (χ0v) is 7.59. The van der Waals surface area contributed by atoms with E-state index >= 15 is 0 Å². The molecule has 0 amide bonds. The van der Waals surface area contributed by atoms with Gasteiger partial charge in [0.1, 0.15) is 0 Å². The zero-order chi connectivity index (χ0) is 7.84. The first-order chi connectivity index (χ1) is 5.27. The van der Waals surface area contributed by atoms with E-state index in [4.69, 9.17) is 11.6 Å². The largest absolute Gasteiger partial charge is 0.308 e. The second-order valence-electron chi connectivity index (χ2n) is 1.94. The van der Waals surface area contributed by atoms with E-state index in [2.05, 4.69) is 32.2 Å². The van der Waals surface area contributed by atoms with Crippen LogP contribution in [0.5, 0.6) is 0 Å². The summed E-state index contributed by atoms with van der Waals surface area (Å²) in [7, 11) is 0. The molecule has 0 aromatic rings. The normalized spacial score (nSPS) is 20.2. The first kappa shape index (κ1) is 6.98. The number of hydrazone groups is 1. The van der Waals surface area contributed by atoms with Gasteiger partial charge in [0.25, 0.3) is 10.8 Å². The van der Waals surface area contributed by atoms with Gasteiger partial charge in [-0.2, -0.15) is 0 Å². The Labute approximate surface area is 76.9 Å². The van der Waals surface area contributed by atoms with Crippen LogP contribution < -0.4 is 0 Å². The highest BCUT2D eigenvalue weighted by atomic mass is 79.9. The van der Waals surface area contributed by atoms with Crippen LogP contribution in [0.15, 0.2) is 26.9 Å². The van der Waals surface area contributed by atoms with E-state index in [0.717, 1.165) is 5.84 Å². The third-order valence-electron chi connectivity index (χ3n) is 1.23. The molecule has 54 valence electrons. The van der Waals surface area contributed by atoms with Crippen molar-refractivity contribution in [3.05, 3.63) is 23.0 Å². The molecule has 3 nitrogen and oxygen atoms in total. The summed E-state index contributed by atoms with van der Waals surface area (Å²) in [6, 6.07) is 0. The first-order valence-corrected chi connectivity index (χ1v) is 4.03. The molecular formula is C6H2BrClN3+. The Morgan fingerprint density at radius 3 is 3.18 bits per heavy atom. The van der Waals surface area contributed by atoms with Crippen molar-refractivity contribution in [2.75, 3.05) is 0 Å². The fraction of sp³-hybridized carbons (Fsp3) is 0. The van der Waals surface area contributed by atoms with E-state index in [1.165, 1.54) is 0 Å². The highest BCUT2D eigenvalue weighted by Crippen LogP contribution is 2.22. The summed E-state index contributed by atoms with van der Waals surface area (Å²) >= 11 is 8.88. The Hall–Kier alpha value is -0.700. The van der Waals surface area contributed by atoms with Crippen LogP contribution in [0.2, 0.25) is 0 Å². The fourth-order valence-corrected chi connectivity index (χ4v) is 1.26. The monoisotopic (exact) mass is 230 g/mol. The average Bonchev–Trinajstić information content (AvgIpc) is 2.33. The highest BCUT2D eigenvalue weighted by molar-refractivity contribution is 9.11. The number of aliphatic imine (C=N–C) groups is 1. The molecule has 2 aliphatic heterocycles. The Balaban J connectivity index is 2.39. The Morgan fingerprint density at radius 2 is 2.36 bits per heavy atom. The van der Waals surface area contributed by atoms with Gasteiger partial charge in [-0.3, -0.25) is 0 Å². The molecule has 0 aromatic carbocycles. The van der Waals surface area contributed by atoms with Gasteiger partial charge in [0.15, 0.2) is 5.17 Å². The average molecular weight is 231 g/mol. The molecule has 11 heavy (non-hydrogen) atoms. The lowest BCUT2D eigenvalue weighted by Gasteiger charge is -2.05. The van der Waals surface area contributed by atoms with Crippen molar-refractivity contribution >= 4 is 38.5 Å². The fourth-order valence-electron chi connectivity index (χ4n) is 0.774. The van der Waals surface area contributed by atoms with Crippen molar-refractivity contribution in [1.29, 1.82) is 0 Å². The van der Waals surface area contributed by atoms with Gasteiger partial charge in [-0.1, -0.05) is 16.6 Å². The van der Waals surface area contributed by atoms with Gasteiger partial charge < -0.3 is 0 Å². The second kappa shape index (κ2) is 2.41. The standard InChI is InChI=1S/C6H2BrClN3/c7-4-3-9-6-2-1-5(8)10-11(4)6/h1-2H/q+1. The smallest absolute Gasteiger partial charge is 0.132 e. The third kappa shape index (κ3) is 1.09. The molecule has 0 spiro atoms. The molecule has 2 rings (SSSR count). The number of fused-ring (bicyclic) bond motifs is 1. The Kier molecular flexibility index (Phi) is 1.53. The topological polar surface area (TPSA) is 28.0 Å². The Bertz CT molecular complexity index is 316. The van der Waals surface area contributed by atoms with Gasteiger partial charge in [-0.25, -0.2) is 0 Å². The van der Waals surface area contributed by atoms with Gasteiger partial charge in [-0.15, -0.1) is 5.10 Å². The maximum atomic E-state index is 5.65. The van der Waals surface area contributed by atoms with Gasteiger partial charge in [-0.05, 0) is 0 Å².